The fourth-order valence-corrected chi connectivity index (χ4v) is 6.85. The summed E-state index contributed by atoms with van der Waals surface area (Å²) in [5, 5.41) is 22.6. The Labute approximate surface area is 295 Å². The van der Waals surface area contributed by atoms with E-state index in [4.69, 9.17) is 0 Å². The lowest BCUT2D eigenvalue weighted by Gasteiger charge is -2.28. The first-order valence-electron chi connectivity index (χ1n) is 17.7. The molecule has 256 valence electrons. The van der Waals surface area contributed by atoms with E-state index in [-0.39, 0.29) is 27.6 Å². The molecule has 0 bridgehead atoms. The molecule has 0 fully saturated rings. The smallest absolute Gasteiger partial charge is 0.123 e. The van der Waals surface area contributed by atoms with Crippen molar-refractivity contribution in [2.24, 2.45) is 0 Å². The minimum Gasteiger partial charge on any atom is -0.507 e. The van der Waals surface area contributed by atoms with Crippen LogP contribution in [0.2, 0.25) is 0 Å². The standard InChI is InChI=1S/C47H56O2/c1-44(2,3)37-26-35(27-38(42(37)48)45(4,5)6)30-18-22-33(23-19-30)41(32-16-14-13-15-17-32)34-24-20-31(21-25-34)36-28-39(46(7,8)9)43(49)40(29-36)47(10,11)12/h13-29,41,48-49H,1-12H3. The summed E-state index contributed by atoms with van der Waals surface area (Å²) in [7, 11) is 0. The van der Waals surface area contributed by atoms with Gasteiger partial charge < -0.3 is 10.2 Å². The molecule has 0 spiro atoms. The molecule has 2 N–H and O–H groups in total. The monoisotopic (exact) mass is 652 g/mol. The zero-order valence-corrected chi connectivity index (χ0v) is 31.8. The van der Waals surface area contributed by atoms with Crippen molar-refractivity contribution in [3.05, 3.63) is 142 Å². The lowest BCUT2D eigenvalue weighted by Crippen LogP contribution is -2.17. The topological polar surface area (TPSA) is 40.5 Å². The predicted molar refractivity (Wildman–Crippen MR) is 209 cm³/mol. The summed E-state index contributed by atoms with van der Waals surface area (Å²) < 4.78 is 0. The van der Waals surface area contributed by atoms with Crippen molar-refractivity contribution in [3.63, 3.8) is 0 Å². The number of benzene rings is 5. The molecule has 2 heteroatoms. The summed E-state index contributed by atoms with van der Waals surface area (Å²) in [4.78, 5) is 0. The van der Waals surface area contributed by atoms with Crippen LogP contribution in [0, 0.1) is 0 Å². The molecule has 0 aliphatic carbocycles. The predicted octanol–water partition coefficient (Wildman–Crippen LogP) is 12.8. The van der Waals surface area contributed by atoms with E-state index >= 15 is 0 Å². The quantitative estimate of drug-likeness (QED) is 0.186. The van der Waals surface area contributed by atoms with Crippen molar-refractivity contribution < 1.29 is 10.2 Å². The van der Waals surface area contributed by atoms with Crippen LogP contribution in [0.1, 0.15) is 128 Å². The van der Waals surface area contributed by atoms with Crippen LogP contribution in [-0.2, 0) is 21.7 Å². The molecule has 49 heavy (non-hydrogen) atoms. The highest BCUT2D eigenvalue weighted by Gasteiger charge is 2.28. The molecule has 0 aliphatic heterocycles. The number of hydrogen-bond donors (Lipinski definition) is 2. The van der Waals surface area contributed by atoms with E-state index in [9.17, 15) is 10.2 Å². The van der Waals surface area contributed by atoms with Gasteiger partial charge >= 0.3 is 0 Å². The van der Waals surface area contributed by atoms with Crippen molar-refractivity contribution in [1.29, 1.82) is 0 Å². The Kier molecular flexibility index (Phi) is 9.45. The van der Waals surface area contributed by atoms with Crippen molar-refractivity contribution in [3.8, 4) is 33.8 Å². The fourth-order valence-electron chi connectivity index (χ4n) is 6.85. The van der Waals surface area contributed by atoms with E-state index in [0.29, 0.717) is 11.5 Å². The second-order valence-electron chi connectivity index (χ2n) is 17.9. The number of rotatable bonds is 5. The Bertz CT molecular complexity index is 1720. The van der Waals surface area contributed by atoms with Crippen LogP contribution in [-0.4, -0.2) is 10.2 Å². The summed E-state index contributed by atoms with van der Waals surface area (Å²) in [5.74, 6) is 0.878. The van der Waals surface area contributed by atoms with Gasteiger partial charge in [-0.15, -0.1) is 0 Å². The number of hydrogen-bond acceptors (Lipinski definition) is 2. The summed E-state index contributed by atoms with van der Waals surface area (Å²) in [5.41, 5.74) is 11.4. The van der Waals surface area contributed by atoms with Crippen LogP contribution >= 0.6 is 0 Å². The SMILES string of the molecule is CC(C)(C)c1cc(-c2ccc(C(c3ccccc3)c3ccc(-c4cc(C(C)(C)C)c(O)c(C(C)(C)C)c4)cc3)cc2)cc(C(C)(C)C)c1O. The molecule has 0 saturated heterocycles. The molecule has 5 aromatic rings. The maximum Gasteiger partial charge on any atom is 0.123 e. The van der Waals surface area contributed by atoms with Gasteiger partial charge in [-0.1, -0.05) is 162 Å². The summed E-state index contributed by atoms with van der Waals surface area (Å²) >= 11 is 0. The highest BCUT2D eigenvalue weighted by Crippen LogP contribution is 2.44. The van der Waals surface area contributed by atoms with E-state index in [1.54, 1.807) is 0 Å². The van der Waals surface area contributed by atoms with Crippen LogP contribution in [0.15, 0.2) is 103 Å². The van der Waals surface area contributed by atoms with Gasteiger partial charge in [0, 0.05) is 28.2 Å². The van der Waals surface area contributed by atoms with E-state index in [1.165, 1.54) is 16.7 Å². The number of phenolic OH excluding ortho intramolecular Hbond substituents is 2. The van der Waals surface area contributed by atoms with Crippen molar-refractivity contribution >= 4 is 0 Å². The van der Waals surface area contributed by atoms with Crippen molar-refractivity contribution in [1.82, 2.24) is 0 Å². The molecule has 0 amide bonds. The van der Waals surface area contributed by atoms with Gasteiger partial charge in [0.05, 0.1) is 0 Å². The largest absolute Gasteiger partial charge is 0.507 e. The molecule has 0 unspecified atom stereocenters. The van der Waals surface area contributed by atoms with Gasteiger partial charge in [0.1, 0.15) is 11.5 Å². The third kappa shape index (κ3) is 7.64. The fraction of sp³-hybridized carbons (Fsp3) is 0.362. The van der Waals surface area contributed by atoms with E-state index < -0.39 is 0 Å². The lowest BCUT2D eigenvalue weighted by atomic mass is 9.77. The number of phenols is 2. The normalized spacial score (nSPS) is 12.8. The van der Waals surface area contributed by atoms with Gasteiger partial charge in [-0.3, -0.25) is 0 Å². The molecule has 5 rings (SSSR count). The maximum absolute atomic E-state index is 11.3. The second kappa shape index (κ2) is 12.9. The molecule has 0 radical (unpaired) electrons. The highest BCUT2D eigenvalue weighted by molar-refractivity contribution is 5.71. The molecule has 0 heterocycles. The zero-order valence-electron chi connectivity index (χ0n) is 31.8. The molecular formula is C47H56O2. The van der Waals surface area contributed by atoms with Crippen LogP contribution in [0.3, 0.4) is 0 Å². The first-order chi connectivity index (χ1) is 22.7. The van der Waals surface area contributed by atoms with Gasteiger partial charge in [0.25, 0.3) is 0 Å². The number of aromatic hydroxyl groups is 2. The summed E-state index contributed by atoms with van der Waals surface area (Å²) in [6.07, 6.45) is 0. The van der Waals surface area contributed by atoms with E-state index in [2.05, 4.69) is 186 Å². The second-order valence-corrected chi connectivity index (χ2v) is 17.9. The highest BCUT2D eigenvalue weighted by atomic mass is 16.3. The van der Waals surface area contributed by atoms with Crippen molar-refractivity contribution in [2.75, 3.05) is 0 Å². The molecule has 0 aliphatic rings. The lowest BCUT2D eigenvalue weighted by molar-refractivity contribution is 0.422. The molecule has 2 nitrogen and oxygen atoms in total. The van der Waals surface area contributed by atoms with Crippen LogP contribution in [0.25, 0.3) is 22.3 Å². The zero-order chi connectivity index (χ0) is 36.1. The Balaban J connectivity index is 1.58. The van der Waals surface area contributed by atoms with Gasteiger partial charge in [-0.2, -0.15) is 0 Å². The van der Waals surface area contributed by atoms with Crippen LogP contribution in [0.5, 0.6) is 11.5 Å². The van der Waals surface area contributed by atoms with Gasteiger partial charge in [0.2, 0.25) is 0 Å². The first kappa shape index (κ1) is 36.0. The van der Waals surface area contributed by atoms with Gasteiger partial charge in [0.15, 0.2) is 0 Å². The molecule has 0 aromatic heterocycles. The molecule has 0 atom stereocenters. The summed E-state index contributed by atoms with van der Waals surface area (Å²) in [6, 6.07) is 37.3. The van der Waals surface area contributed by atoms with Gasteiger partial charge in [-0.25, -0.2) is 0 Å². The maximum atomic E-state index is 11.3. The molecular weight excluding hydrogens is 597 g/mol. The van der Waals surface area contributed by atoms with Crippen LogP contribution in [0.4, 0.5) is 0 Å². The Morgan fingerprint density at radius 3 is 0.878 bits per heavy atom. The summed E-state index contributed by atoms with van der Waals surface area (Å²) in [6.45, 7) is 25.9. The van der Waals surface area contributed by atoms with E-state index in [0.717, 1.165) is 44.5 Å². The minimum atomic E-state index is -0.187. The molecule has 0 saturated carbocycles. The Morgan fingerprint density at radius 2 is 0.612 bits per heavy atom. The third-order valence-corrected chi connectivity index (χ3v) is 9.74. The van der Waals surface area contributed by atoms with Crippen molar-refractivity contribution in [2.45, 2.75) is 111 Å². The molecule has 5 aromatic carbocycles. The first-order valence-corrected chi connectivity index (χ1v) is 17.7. The average Bonchev–Trinajstić information content (AvgIpc) is 3.00. The van der Waals surface area contributed by atoms with Gasteiger partial charge in [-0.05, 0) is 84.9 Å². The van der Waals surface area contributed by atoms with Crippen LogP contribution < -0.4 is 0 Å². The Morgan fingerprint density at radius 1 is 0.347 bits per heavy atom. The Hall–Kier alpha value is -4.30. The van der Waals surface area contributed by atoms with E-state index in [1.807, 2.05) is 0 Å². The third-order valence-electron chi connectivity index (χ3n) is 9.74. The average molecular weight is 653 g/mol. The minimum absolute atomic E-state index is 0.0643.